The van der Waals surface area contributed by atoms with Crippen LogP contribution in [-0.4, -0.2) is 9.36 Å². The fraction of sp³-hybridized carbons (Fsp3) is 0.556. The van der Waals surface area contributed by atoms with Gasteiger partial charge in [-0.3, -0.25) is 0 Å². The summed E-state index contributed by atoms with van der Waals surface area (Å²) in [6.45, 7) is 13.8. The van der Waals surface area contributed by atoms with E-state index in [0.29, 0.717) is 5.92 Å². The zero-order chi connectivity index (χ0) is 15.7. The molecule has 3 heteroatoms. The summed E-state index contributed by atoms with van der Waals surface area (Å²) in [5.41, 5.74) is 1.58. The molecule has 1 aromatic heterocycles. The Labute approximate surface area is 132 Å². The lowest BCUT2D eigenvalue weighted by Crippen LogP contribution is -2.23. The van der Waals surface area contributed by atoms with Crippen LogP contribution < -0.4 is 0 Å². The van der Waals surface area contributed by atoms with Crippen molar-refractivity contribution in [3.8, 4) is 11.4 Å². The molecule has 0 aliphatic carbocycles. The van der Waals surface area contributed by atoms with E-state index in [2.05, 4.69) is 58.0 Å². The molecule has 0 saturated heterocycles. The second-order valence-corrected chi connectivity index (χ2v) is 8.79. The first-order valence-corrected chi connectivity index (χ1v) is 8.33. The first kappa shape index (κ1) is 16.2. The van der Waals surface area contributed by atoms with E-state index >= 15 is 0 Å². The largest absolute Gasteiger partial charge is 0.219 e. The zero-order valence-corrected chi connectivity index (χ0v) is 14.8. The van der Waals surface area contributed by atoms with Crippen molar-refractivity contribution < 1.29 is 0 Å². The van der Waals surface area contributed by atoms with Gasteiger partial charge in [0, 0.05) is 11.5 Å². The number of nitrogens with zero attached hydrogens (tertiary/aromatic N) is 2. The minimum atomic E-state index is 0.195. The summed E-state index contributed by atoms with van der Waals surface area (Å²) in [5, 5.41) is 1.16. The van der Waals surface area contributed by atoms with E-state index in [4.69, 9.17) is 4.98 Å². The number of rotatable bonds is 3. The van der Waals surface area contributed by atoms with Crippen molar-refractivity contribution in [1.82, 2.24) is 9.36 Å². The summed E-state index contributed by atoms with van der Waals surface area (Å²) in [4.78, 5) is 4.84. The van der Waals surface area contributed by atoms with E-state index in [1.54, 1.807) is 11.5 Å². The van der Waals surface area contributed by atoms with Crippen LogP contribution in [0.2, 0.25) is 0 Å². The van der Waals surface area contributed by atoms with Crippen LogP contribution in [0.4, 0.5) is 0 Å². The van der Waals surface area contributed by atoms with Gasteiger partial charge in [-0.25, -0.2) is 4.98 Å². The molecule has 0 amide bonds. The van der Waals surface area contributed by atoms with E-state index in [1.807, 2.05) is 18.2 Å². The quantitative estimate of drug-likeness (QED) is 0.719. The number of hydrogen-bond acceptors (Lipinski definition) is 3. The second kappa shape index (κ2) is 5.88. The summed E-state index contributed by atoms with van der Waals surface area (Å²) < 4.78 is 4.58. The molecule has 0 radical (unpaired) electrons. The topological polar surface area (TPSA) is 25.8 Å². The van der Waals surface area contributed by atoms with Crippen LogP contribution in [0.25, 0.3) is 11.4 Å². The SMILES string of the molecule is CC(C)(C)CC(c1nc(-c2ccccc2)ns1)C(C)(C)C. The maximum Gasteiger partial charge on any atom is 0.173 e. The van der Waals surface area contributed by atoms with Crippen molar-refractivity contribution in [3.05, 3.63) is 35.3 Å². The molecule has 0 saturated carbocycles. The van der Waals surface area contributed by atoms with Crippen LogP contribution in [0.1, 0.15) is 58.9 Å². The van der Waals surface area contributed by atoms with E-state index in [-0.39, 0.29) is 10.8 Å². The predicted octanol–water partition coefficient (Wildman–Crippen LogP) is 5.77. The molecule has 1 heterocycles. The molecule has 0 aliphatic rings. The Balaban J connectivity index is 2.32. The van der Waals surface area contributed by atoms with Gasteiger partial charge in [-0.05, 0) is 28.8 Å². The van der Waals surface area contributed by atoms with E-state index in [9.17, 15) is 0 Å². The van der Waals surface area contributed by atoms with E-state index < -0.39 is 0 Å². The first-order chi connectivity index (χ1) is 9.67. The first-order valence-electron chi connectivity index (χ1n) is 7.56. The molecule has 2 aromatic rings. The molecule has 0 fully saturated rings. The fourth-order valence-corrected chi connectivity index (χ4v) is 3.48. The molecule has 0 bridgehead atoms. The fourth-order valence-electron chi connectivity index (χ4n) is 2.46. The summed E-state index contributed by atoms with van der Waals surface area (Å²) in [6, 6.07) is 10.2. The summed E-state index contributed by atoms with van der Waals surface area (Å²) in [7, 11) is 0. The molecular weight excluding hydrogens is 276 g/mol. The highest BCUT2D eigenvalue weighted by Crippen LogP contribution is 2.43. The standard InChI is InChI=1S/C18H26N2S/c1-17(2,3)12-14(18(4,5)6)16-19-15(20-21-16)13-10-8-7-9-11-13/h7-11,14H,12H2,1-6H3. The predicted molar refractivity (Wildman–Crippen MR) is 91.6 cm³/mol. The summed E-state index contributed by atoms with van der Waals surface area (Å²) in [6.07, 6.45) is 1.12. The van der Waals surface area contributed by atoms with Gasteiger partial charge in [0.1, 0.15) is 5.01 Å². The Bertz CT molecular complexity index is 573. The third-order valence-electron chi connectivity index (χ3n) is 3.63. The normalized spacial score (nSPS) is 14.2. The molecular formula is C18H26N2S. The number of aromatic nitrogens is 2. The van der Waals surface area contributed by atoms with Gasteiger partial charge in [0.25, 0.3) is 0 Å². The highest BCUT2D eigenvalue weighted by Gasteiger charge is 2.33. The molecule has 2 nitrogen and oxygen atoms in total. The van der Waals surface area contributed by atoms with Crippen molar-refractivity contribution in [2.45, 2.75) is 53.9 Å². The average Bonchev–Trinajstić information content (AvgIpc) is 2.84. The minimum absolute atomic E-state index is 0.195. The van der Waals surface area contributed by atoms with Crippen LogP contribution >= 0.6 is 11.5 Å². The van der Waals surface area contributed by atoms with Crippen molar-refractivity contribution in [2.75, 3.05) is 0 Å². The maximum absolute atomic E-state index is 4.84. The lowest BCUT2D eigenvalue weighted by atomic mass is 9.72. The number of benzene rings is 1. The molecule has 1 atom stereocenters. The molecule has 1 unspecified atom stereocenters. The van der Waals surface area contributed by atoms with Gasteiger partial charge in [-0.2, -0.15) is 4.37 Å². The van der Waals surface area contributed by atoms with Crippen molar-refractivity contribution >= 4 is 11.5 Å². The maximum atomic E-state index is 4.84. The van der Waals surface area contributed by atoms with Gasteiger partial charge in [0.05, 0.1) is 0 Å². The summed E-state index contributed by atoms with van der Waals surface area (Å²) >= 11 is 1.56. The minimum Gasteiger partial charge on any atom is -0.219 e. The molecule has 0 N–H and O–H groups in total. The Morgan fingerprint density at radius 2 is 1.62 bits per heavy atom. The van der Waals surface area contributed by atoms with Gasteiger partial charge < -0.3 is 0 Å². The van der Waals surface area contributed by atoms with Gasteiger partial charge >= 0.3 is 0 Å². The highest BCUT2D eigenvalue weighted by molar-refractivity contribution is 7.05. The van der Waals surface area contributed by atoms with Crippen LogP contribution in [0.15, 0.2) is 30.3 Å². The molecule has 114 valence electrons. The second-order valence-electron chi connectivity index (χ2n) is 8.01. The van der Waals surface area contributed by atoms with Crippen molar-refractivity contribution in [3.63, 3.8) is 0 Å². The van der Waals surface area contributed by atoms with Crippen LogP contribution in [0, 0.1) is 10.8 Å². The smallest absolute Gasteiger partial charge is 0.173 e. The molecule has 1 aromatic carbocycles. The third kappa shape index (κ3) is 4.37. The highest BCUT2D eigenvalue weighted by atomic mass is 32.1. The third-order valence-corrected chi connectivity index (χ3v) is 4.46. The Morgan fingerprint density at radius 1 is 1.00 bits per heavy atom. The van der Waals surface area contributed by atoms with Crippen molar-refractivity contribution in [1.29, 1.82) is 0 Å². The van der Waals surface area contributed by atoms with E-state index in [1.165, 1.54) is 0 Å². The Morgan fingerprint density at radius 3 is 2.14 bits per heavy atom. The Hall–Kier alpha value is -1.22. The average molecular weight is 302 g/mol. The molecule has 0 aliphatic heterocycles. The van der Waals surface area contributed by atoms with Gasteiger partial charge in [-0.15, -0.1) is 0 Å². The van der Waals surface area contributed by atoms with Crippen molar-refractivity contribution in [2.24, 2.45) is 10.8 Å². The van der Waals surface area contributed by atoms with Crippen LogP contribution in [0.5, 0.6) is 0 Å². The van der Waals surface area contributed by atoms with Crippen LogP contribution in [-0.2, 0) is 0 Å². The molecule has 0 spiro atoms. The van der Waals surface area contributed by atoms with Gasteiger partial charge in [-0.1, -0.05) is 71.9 Å². The van der Waals surface area contributed by atoms with Gasteiger partial charge in [0.15, 0.2) is 5.82 Å². The van der Waals surface area contributed by atoms with Gasteiger partial charge in [0.2, 0.25) is 0 Å². The lowest BCUT2D eigenvalue weighted by Gasteiger charge is -2.34. The van der Waals surface area contributed by atoms with E-state index in [0.717, 1.165) is 22.8 Å². The summed E-state index contributed by atoms with van der Waals surface area (Å²) in [5.74, 6) is 1.30. The molecule has 2 rings (SSSR count). The van der Waals surface area contributed by atoms with Crippen LogP contribution in [0.3, 0.4) is 0 Å². The number of hydrogen-bond donors (Lipinski definition) is 0. The lowest BCUT2D eigenvalue weighted by molar-refractivity contribution is 0.229. The zero-order valence-electron chi connectivity index (χ0n) is 14.0. The molecule has 21 heavy (non-hydrogen) atoms. The Kier molecular flexibility index (Phi) is 4.52. The monoisotopic (exact) mass is 302 g/mol.